The number of rotatable bonds is 4. The molecule has 0 bridgehead atoms. The summed E-state index contributed by atoms with van der Waals surface area (Å²) in [4.78, 5) is 19.8. The quantitative estimate of drug-likeness (QED) is 0.413. The number of nitro benzene ring substituents is 1. The van der Waals surface area contributed by atoms with E-state index in [1.165, 1.54) is 23.1 Å². The standard InChI is InChI=1S/C27H25N3O3/c31-30(32)21-15-13-20(14-16-21)25-27(29-17-7-2-8-18-29)23-12-6-5-11-22(23)24(26(27)33-28-25)19-9-3-1-4-10-19/h1,3-6,9-16,24,26H,2,7-8,17-18H2/t24-,26+,27-/m0/s1. The smallest absolute Gasteiger partial charge is 0.269 e. The van der Waals surface area contributed by atoms with E-state index in [4.69, 9.17) is 9.99 Å². The SMILES string of the molecule is O=[N+]([O-])c1ccc(C2=NO[C@@H]3[C@@H](c4ccccc4)c4ccccc4[C@]23N2CCCCC2)cc1. The molecular weight excluding hydrogens is 414 g/mol. The van der Waals surface area contributed by atoms with Gasteiger partial charge in [-0.1, -0.05) is 66.2 Å². The first kappa shape index (κ1) is 20.1. The molecule has 6 rings (SSSR count). The van der Waals surface area contributed by atoms with Crippen molar-refractivity contribution in [1.29, 1.82) is 0 Å². The first-order valence-electron chi connectivity index (χ1n) is 11.6. The van der Waals surface area contributed by atoms with Crippen LogP contribution < -0.4 is 0 Å². The molecule has 1 aliphatic carbocycles. The van der Waals surface area contributed by atoms with Crippen molar-refractivity contribution in [2.24, 2.45) is 5.16 Å². The lowest BCUT2D eigenvalue weighted by Gasteiger charge is -2.44. The van der Waals surface area contributed by atoms with Crippen molar-refractivity contribution >= 4 is 11.4 Å². The van der Waals surface area contributed by atoms with Crippen LogP contribution in [0.4, 0.5) is 5.69 Å². The van der Waals surface area contributed by atoms with E-state index in [2.05, 4.69) is 53.4 Å². The molecule has 3 atom stereocenters. The molecule has 3 aliphatic rings. The summed E-state index contributed by atoms with van der Waals surface area (Å²) in [5.74, 6) is 0.0589. The molecule has 6 heteroatoms. The molecule has 2 heterocycles. The van der Waals surface area contributed by atoms with Crippen LogP contribution >= 0.6 is 0 Å². The summed E-state index contributed by atoms with van der Waals surface area (Å²) in [6, 6.07) is 25.9. The molecule has 3 aromatic carbocycles. The monoisotopic (exact) mass is 439 g/mol. The van der Waals surface area contributed by atoms with Gasteiger partial charge in [0.15, 0.2) is 6.10 Å². The lowest BCUT2D eigenvalue weighted by Crippen LogP contribution is -2.57. The van der Waals surface area contributed by atoms with Crippen molar-refractivity contribution in [1.82, 2.24) is 4.90 Å². The molecule has 0 saturated carbocycles. The Morgan fingerprint density at radius 3 is 2.33 bits per heavy atom. The molecule has 0 radical (unpaired) electrons. The van der Waals surface area contributed by atoms with Gasteiger partial charge in [-0.25, -0.2) is 0 Å². The van der Waals surface area contributed by atoms with Gasteiger partial charge >= 0.3 is 0 Å². The van der Waals surface area contributed by atoms with Gasteiger partial charge in [-0.3, -0.25) is 15.0 Å². The first-order valence-corrected chi connectivity index (χ1v) is 11.6. The molecule has 3 aromatic rings. The second-order valence-corrected chi connectivity index (χ2v) is 9.06. The Kier molecular flexibility index (Phi) is 4.76. The van der Waals surface area contributed by atoms with E-state index in [1.807, 2.05) is 18.2 Å². The summed E-state index contributed by atoms with van der Waals surface area (Å²) in [7, 11) is 0. The third-order valence-electron chi connectivity index (χ3n) is 7.40. The number of non-ortho nitro benzene ring substituents is 1. The van der Waals surface area contributed by atoms with Crippen LogP contribution in [0.3, 0.4) is 0 Å². The van der Waals surface area contributed by atoms with Crippen LogP contribution in [-0.4, -0.2) is 34.7 Å². The molecular formula is C27H25N3O3. The highest BCUT2D eigenvalue weighted by atomic mass is 16.6. The van der Waals surface area contributed by atoms with Crippen molar-refractivity contribution in [3.8, 4) is 0 Å². The van der Waals surface area contributed by atoms with E-state index < -0.39 is 5.54 Å². The van der Waals surface area contributed by atoms with E-state index in [-0.39, 0.29) is 22.6 Å². The van der Waals surface area contributed by atoms with Crippen molar-refractivity contribution in [2.45, 2.75) is 36.8 Å². The zero-order chi connectivity index (χ0) is 22.4. The molecule has 0 spiro atoms. The van der Waals surface area contributed by atoms with E-state index >= 15 is 0 Å². The average Bonchev–Trinajstić information content (AvgIpc) is 3.39. The predicted molar refractivity (Wildman–Crippen MR) is 126 cm³/mol. The highest BCUT2D eigenvalue weighted by Gasteiger charge is 2.63. The van der Waals surface area contributed by atoms with Crippen LogP contribution in [0.2, 0.25) is 0 Å². The topological polar surface area (TPSA) is 68.0 Å². The average molecular weight is 440 g/mol. The normalized spacial score (nSPS) is 26.2. The molecule has 0 aromatic heterocycles. The van der Waals surface area contributed by atoms with Gasteiger partial charge in [0.2, 0.25) is 0 Å². The molecule has 2 aliphatic heterocycles. The third kappa shape index (κ3) is 2.94. The lowest BCUT2D eigenvalue weighted by molar-refractivity contribution is -0.384. The fourth-order valence-corrected chi connectivity index (χ4v) is 6.03. The van der Waals surface area contributed by atoms with Crippen LogP contribution in [-0.2, 0) is 10.4 Å². The highest BCUT2D eigenvalue weighted by Crippen LogP contribution is 2.56. The van der Waals surface area contributed by atoms with Crippen molar-refractivity contribution in [3.05, 3.63) is 111 Å². The maximum Gasteiger partial charge on any atom is 0.269 e. The number of benzene rings is 3. The molecule has 1 saturated heterocycles. The Balaban J connectivity index is 1.56. The van der Waals surface area contributed by atoms with Crippen LogP contribution in [0.25, 0.3) is 0 Å². The molecule has 33 heavy (non-hydrogen) atoms. The van der Waals surface area contributed by atoms with E-state index in [0.717, 1.165) is 37.2 Å². The summed E-state index contributed by atoms with van der Waals surface area (Å²) in [5.41, 5.74) is 5.01. The van der Waals surface area contributed by atoms with Gasteiger partial charge in [-0.2, -0.15) is 0 Å². The zero-order valence-corrected chi connectivity index (χ0v) is 18.3. The minimum atomic E-state index is -0.520. The van der Waals surface area contributed by atoms with E-state index in [9.17, 15) is 10.1 Å². The third-order valence-corrected chi connectivity index (χ3v) is 7.40. The molecule has 0 amide bonds. The zero-order valence-electron chi connectivity index (χ0n) is 18.3. The Hall–Kier alpha value is -3.51. The Morgan fingerprint density at radius 2 is 1.61 bits per heavy atom. The van der Waals surface area contributed by atoms with E-state index in [0.29, 0.717) is 0 Å². The van der Waals surface area contributed by atoms with Crippen LogP contribution in [0, 0.1) is 10.1 Å². The molecule has 1 fully saturated rings. The van der Waals surface area contributed by atoms with Crippen LogP contribution in [0.1, 0.15) is 47.4 Å². The van der Waals surface area contributed by atoms with E-state index in [1.54, 1.807) is 12.1 Å². The number of nitrogens with zero attached hydrogens (tertiary/aromatic N) is 3. The van der Waals surface area contributed by atoms with Crippen LogP contribution in [0.15, 0.2) is 84.0 Å². The number of likely N-dealkylation sites (tertiary alicyclic amines) is 1. The summed E-state index contributed by atoms with van der Waals surface area (Å²) in [6.45, 7) is 1.95. The maximum absolute atomic E-state index is 11.2. The minimum Gasteiger partial charge on any atom is -0.388 e. The largest absolute Gasteiger partial charge is 0.388 e. The Morgan fingerprint density at radius 1 is 0.909 bits per heavy atom. The van der Waals surface area contributed by atoms with Gasteiger partial charge < -0.3 is 4.84 Å². The Labute approximate surface area is 192 Å². The van der Waals surface area contributed by atoms with Gasteiger partial charge in [0.1, 0.15) is 11.3 Å². The fraction of sp³-hybridized carbons (Fsp3) is 0.296. The molecule has 0 N–H and O–H groups in total. The first-order chi connectivity index (χ1) is 16.2. The Bertz CT molecular complexity index is 1220. The van der Waals surface area contributed by atoms with Crippen LogP contribution in [0.5, 0.6) is 0 Å². The lowest BCUT2D eigenvalue weighted by atomic mass is 9.78. The summed E-state index contributed by atoms with van der Waals surface area (Å²) in [5, 5.41) is 15.9. The van der Waals surface area contributed by atoms with Gasteiger partial charge in [-0.05, 0) is 54.8 Å². The number of oxime groups is 1. The second kappa shape index (κ2) is 7.81. The van der Waals surface area contributed by atoms with Gasteiger partial charge in [0.05, 0.1) is 10.8 Å². The number of hydrogen-bond acceptors (Lipinski definition) is 5. The predicted octanol–water partition coefficient (Wildman–Crippen LogP) is 5.22. The number of fused-ring (bicyclic) bond motifs is 3. The summed E-state index contributed by atoms with van der Waals surface area (Å²) >= 11 is 0. The number of piperidine rings is 1. The summed E-state index contributed by atoms with van der Waals surface area (Å²) < 4.78 is 0. The van der Waals surface area contributed by atoms with Crippen molar-refractivity contribution in [2.75, 3.05) is 13.1 Å². The summed E-state index contributed by atoms with van der Waals surface area (Å²) in [6.07, 6.45) is 3.31. The number of hydrogen-bond donors (Lipinski definition) is 0. The highest BCUT2D eigenvalue weighted by molar-refractivity contribution is 6.10. The van der Waals surface area contributed by atoms with Gasteiger partial charge in [0, 0.05) is 17.7 Å². The number of nitro groups is 1. The van der Waals surface area contributed by atoms with Crippen molar-refractivity contribution < 1.29 is 9.76 Å². The second-order valence-electron chi connectivity index (χ2n) is 9.06. The van der Waals surface area contributed by atoms with Crippen molar-refractivity contribution in [3.63, 3.8) is 0 Å². The molecule has 166 valence electrons. The minimum absolute atomic E-state index is 0.0589. The van der Waals surface area contributed by atoms with Gasteiger partial charge in [-0.15, -0.1) is 0 Å². The molecule has 0 unspecified atom stereocenters. The fourth-order valence-electron chi connectivity index (χ4n) is 6.03. The maximum atomic E-state index is 11.2. The van der Waals surface area contributed by atoms with Gasteiger partial charge in [0.25, 0.3) is 5.69 Å². The molecule has 6 nitrogen and oxygen atoms in total.